The minimum Gasteiger partial charge on any atom is -0.349 e. The molecule has 0 unspecified atom stereocenters. The van der Waals surface area contributed by atoms with Crippen LogP contribution in [0.15, 0.2) is 6.07 Å². The highest BCUT2D eigenvalue weighted by Crippen LogP contribution is 2.16. The molecule has 18 heavy (non-hydrogen) atoms. The van der Waals surface area contributed by atoms with Crippen molar-refractivity contribution in [1.29, 1.82) is 0 Å². The standard InChI is InChI=1S/C15H26N2O/c1-7-17-12(4)8-14(13(17)5)15(18)10-16(6)9-11(2)3/h8,11H,7,9-10H2,1-6H3. The number of rotatable bonds is 6. The van der Waals surface area contributed by atoms with Gasteiger partial charge in [0.05, 0.1) is 6.54 Å². The Morgan fingerprint density at radius 1 is 1.39 bits per heavy atom. The highest BCUT2D eigenvalue weighted by atomic mass is 16.1. The Balaban J connectivity index is 2.79. The van der Waals surface area contributed by atoms with Crippen LogP contribution in [0.2, 0.25) is 0 Å². The minimum atomic E-state index is 0.228. The number of aryl methyl sites for hydroxylation is 1. The maximum absolute atomic E-state index is 12.3. The van der Waals surface area contributed by atoms with E-state index in [4.69, 9.17) is 0 Å². The highest BCUT2D eigenvalue weighted by Gasteiger charge is 2.16. The van der Waals surface area contributed by atoms with Gasteiger partial charge in [-0.05, 0) is 39.8 Å². The number of hydrogen-bond acceptors (Lipinski definition) is 2. The van der Waals surface area contributed by atoms with Gasteiger partial charge in [0.15, 0.2) is 5.78 Å². The summed E-state index contributed by atoms with van der Waals surface area (Å²) in [6, 6.07) is 2.02. The van der Waals surface area contributed by atoms with Crippen molar-refractivity contribution in [3.05, 3.63) is 23.0 Å². The number of carbonyl (C=O) groups is 1. The van der Waals surface area contributed by atoms with Crippen molar-refractivity contribution < 1.29 is 4.79 Å². The van der Waals surface area contributed by atoms with Crippen LogP contribution in [-0.4, -0.2) is 35.4 Å². The van der Waals surface area contributed by atoms with E-state index in [0.717, 1.165) is 24.3 Å². The molecule has 0 radical (unpaired) electrons. The van der Waals surface area contributed by atoms with E-state index in [9.17, 15) is 4.79 Å². The molecule has 0 aliphatic heterocycles. The Labute approximate surface area is 111 Å². The Bertz CT molecular complexity index is 418. The molecular weight excluding hydrogens is 224 g/mol. The van der Waals surface area contributed by atoms with Crippen LogP contribution in [0.25, 0.3) is 0 Å². The van der Waals surface area contributed by atoms with Gasteiger partial charge in [0, 0.05) is 30.0 Å². The van der Waals surface area contributed by atoms with Crippen molar-refractivity contribution in [3.63, 3.8) is 0 Å². The molecule has 0 atom stereocenters. The summed E-state index contributed by atoms with van der Waals surface area (Å²) in [5.41, 5.74) is 3.15. The molecule has 3 heteroatoms. The molecule has 0 bridgehead atoms. The highest BCUT2D eigenvalue weighted by molar-refractivity contribution is 5.99. The fourth-order valence-electron chi connectivity index (χ4n) is 2.59. The third-order valence-corrected chi connectivity index (χ3v) is 3.28. The quantitative estimate of drug-likeness (QED) is 0.725. The summed E-state index contributed by atoms with van der Waals surface area (Å²) in [7, 11) is 2.01. The molecule has 0 N–H and O–H groups in total. The van der Waals surface area contributed by atoms with Crippen LogP contribution in [0, 0.1) is 19.8 Å². The lowest BCUT2D eigenvalue weighted by atomic mass is 10.1. The summed E-state index contributed by atoms with van der Waals surface area (Å²) < 4.78 is 2.19. The molecule has 0 aromatic carbocycles. The number of aromatic nitrogens is 1. The predicted molar refractivity (Wildman–Crippen MR) is 76.2 cm³/mol. The molecule has 3 nitrogen and oxygen atoms in total. The maximum Gasteiger partial charge on any atom is 0.178 e. The van der Waals surface area contributed by atoms with Gasteiger partial charge in [-0.25, -0.2) is 0 Å². The Morgan fingerprint density at radius 2 is 2.00 bits per heavy atom. The van der Waals surface area contributed by atoms with Crippen molar-refractivity contribution in [2.75, 3.05) is 20.1 Å². The number of carbonyl (C=O) groups excluding carboxylic acids is 1. The predicted octanol–water partition coefficient (Wildman–Crippen LogP) is 2.90. The second-order valence-electron chi connectivity index (χ2n) is 5.54. The smallest absolute Gasteiger partial charge is 0.178 e. The normalized spacial score (nSPS) is 11.6. The lowest BCUT2D eigenvalue weighted by molar-refractivity contribution is 0.0940. The van der Waals surface area contributed by atoms with Crippen LogP contribution >= 0.6 is 0 Å². The third-order valence-electron chi connectivity index (χ3n) is 3.28. The first-order chi connectivity index (χ1) is 8.36. The van der Waals surface area contributed by atoms with E-state index in [1.165, 1.54) is 5.69 Å². The molecule has 0 aliphatic carbocycles. The average molecular weight is 250 g/mol. The summed E-state index contributed by atoms with van der Waals surface area (Å²) in [6.45, 7) is 12.9. The second-order valence-corrected chi connectivity index (χ2v) is 5.54. The van der Waals surface area contributed by atoms with Gasteiger partial charge >= 0.3 is 0 Å². The first-order valence-electron chi connectivity index (χ1n) is 6.75. The van der Waals surface area contributed by atoms with Gasteiger partial charge in [-0.1, -0.05) is 13.8 Å². The van der Waals surface area contributed by atoms with E-state index < -0.39 is 0 Å². The molecule has 102 valence electrons. The van der Waals surface area contributed by atoms with Crippen molar-refractivity contribution in [2.45, 2.75) is 41.2 Å². The molecule has 0 aliphatic rings. The third kappa shape index (κ3) is 3.45. The second kappa shape index (κ2) is 6.19. The Morgan fingerprint density at radius 3 is 2.44 bits per heavy atom. The average Bonchev–Trinajstić information content (AvgIpc) is 2.52. The molecule has 1 aromatic heterocycles. The van der Waals surface area contributed by atoms with Crippen LogP contribution in [0.5, 0.6) is 0 Å². The van der Waals surface area contributed by atoms with Crippen molar-refractivity contribution in [2.24, 2.45) is 5.92 Å². The fourth-order valence-corrected chi connectivity index (χ4v) is 2.59. The fraction of sp³-hybridized carbons (Fsp3) is 0.667. The zero-order valence-electron chi connectivity index (χ0n) is 12.6. The zero-order valence-corrected chi connectivity index (χ0v) is 12.6. The van der Waals surface area contributed by atoms with Gasteiger partial charge < -0.3 is 4.57 Å². The zero-order chi connectivity index (χ0) is 13.9. The monoisotopic (exact) mass is 250 g/mol. The topological polar surface area (TPSA) is 25.2 Å². The molecule has 0 amide bonds. The van der Waals surface area contributed by atoms with E-state index in [2.05, 4.69) is 37.2 Å². The summed E-state index contributed by atoms with van der Waals surface area (Å²) in [5, 5.41) is 0. The first-order valence-corrected chi connectivity index (χ1v) is 6.75. The van der Waals surface area contributed by atoms with Gasteiger partial charge in [0.2, 0.25) is 0 Å². The van der Waals surface area contributed by atoms with E-state index in [1.54, 1.807) is 0 Å². The van der Waals surface area contributed by atoms with Crippen LogP contribution in [0.1, 0.15) is 42.5 Å². The van der Waals surface area contributed by atoms with Crippen molar-refractivity contribution >= 4 is 5.78 Å². The molecule has 0 fully saturated rings. The largest absolute Gasteiger partial charge is 0.349 e. The van der Waals surface area contributed by atoms with Gasteiger partial charge in [-0.15, -0.1) is 0 Å². The lowest BCUT2D eigenvalue weighted by Crippen LogP contribution is -2.29. The van der Waals surface area contributed by atoms with Crippen molar-refractivity contribution in [3.8, 4) is 0 Å². The molecule has 0 spiro atoms. The van der Waals surface area contributed by atoms with Gasteiger partial charge in [-0.2, -0.15) is 0 Å². The molecule has 0 saturated heterocycles. The SMILES string of the molecule is CCn1c(C)cc(C(=O)CN(C)CC(C)C)c1C. The number of nitrogens with zero attached hydrogens (tertiary/aromatic N) is 2. The molecule has 1 heterocycles. The van der Waals surface area contributed by atoms with Crippen LogP contribution in [-0.2, 0) is 6.54 Å². The summed E-state index contributed by atoms with van der Waals surface area (Å²) in [5.74, 6) is 0.817. The molecule has 0 saturated carbocycles. The Hall–Kier alpha value is -1.09. The van der Waals surface area contributed by atoms with Gasteiger partial charge in [0.1, 0.15) is 0 Å². The summed E-state index contributed by atoms with van der Waals surface area (Å²) in [6.07, 6.45) is 0. The van der Waals surface area contributed by atoms with Crippen LogP contribution < -0.4 is 0 Å². The summed E-state index contributed by atoms with van der Waals surface area (Å²) >= 11 is 0. The minimum absolute atomic E-state index is 0.228. The van der Waals surface area contributed by atoms with Crippen LogP contribution in [0.3, 0.4) is 0 Å². The number of likely N-dealkylation sites (N-methyl/N-ethyl adjacent to an activating group) is 1. The number of ketones is 1. The molecular formula is C15H26N2O. The van der Waals surface area contributed by atoms with E-state index in [-0.39, 0.29) is 5.78 Å². The van der Waals surface area contributed by atoms with Crippen LogP contribution in [0.4, 0.5) is 0 Å². The number of hydrogen-bond donors (Lipinski definition) is 0. The van der Waals surface area contributed by atoms with E-state index in [0.29, 0.717) is 12.5 Å². The first kappa shape index (κ1) is 15.0. The lowest BCUT2D eigenvalue weighted by Gasteiger charge is -2.17. The van der Waals surface area contributed by atoms with Gasteiger partial charge in [-0.3, -0.25) is 9.69 Å². The summed E-state index contributed by atoms with van der Waals surface area (Å²) in [4.78, 5) is 14.4. The molecule has 1 rings (SSSR count). The number of Topliss-reactive ketones (excluding diaryl/α,β-unsaturated/α-hetero) is 1. The van der Waals surface area contributed by atoms with Gasteiger partial charge in [0.25, 0.3) is 0 Å². The van der Waals surface area contributed by atoms with E-state index in [1.807, 2.05) is 20.0 Å². The molecule has 1 aromatic rings. The van der Waals surface area contributed by atoms with E-state index >= 15 is 0 Å². The Kier molecular flexibility index (Phi) is 5.15. The van der Waals surface area contributed by atoms with Crippen molar-refractivity contribution in [1.82, 2.24) is 9.47 Å². The maximum atomic E-state index is 12.3.